The molecule has 0 aliphatic rings. The standard InChI is InChI=1S/C15H13FN2O5/c1-8-11(16)5-4-10(15(20)23-3)13(8)14-12(18(21)22)6-9(7-19)17(14)2/h4-7H,1-3H3. The number of aromatic nitrogens is 1. The lowest BCUT2D eigenvalue weighted by molar-refractivity contribution is -0.384. The zero-order valence-corrected chi connectivity index (χ0v) is 12.6. The molecule has 0 unspecified atom stereocenters. The molecule has 0 saturated carbocycles. The molecule has 0 saturated heterocycles. The molecule has 0 amide bonds. The Morgan fingerprint density at radius 2 is 2.09 bits per heavy atom. The van der Waals surface area contributed by atoms with Crippen molar-refractivity contribution in [3.05, 3.63) is 51.0 Å². The highest BCUT2D eigenvalue weighted by molar-refractivity contribution is 5.99. The van der Waals surface area contributed by atoms with E-state index in [0.29, 0.717) is 6.29 Å². The Morgan fingerprint density at radius 3 is 2.61 bits per heavy atom. The molecule has 2 aromatic rings. The molecule has 2 rings (SSSR count). The Morgan fingerprint density at radius 1 is 1.43 bits per heavy atom. The Kier molecular flexibility index (Phi) is 4.26. The minimum absolute atomic E-state index is 0.0202. The first-order valence-electron chi connectivity index (χ1n) is 6.50. The van der Waals surface area contributed by atoms with Gasteiger partial charge in [0.15, 0.2) is 6.29 Å². The van der Waals surface area contributed by atoms with E-state index in [-0.39, 0.29) is 28.1 Å². The molecule has 0 atom stereocenters. The van der Waals surface area contributed by atoms with Crippen molar-refractivity contribution < 1.29 is 23.6 Å². The lowest BCUT2D eigenvalue weighted by atomic mass is 9.97. The van der Waals surface area contributed by atoms with Crippen molar-refractivity contribution in [1.29, 1.82) is 0 Å². The number of aldehydes is 1. The van der Waals surface area contributed by atoms with Crippen LogP contribution in [0.2, 0.25) is 0 Å². The van der Waals surface area contributed by atoms with Crippen LogP contribution in [0, 0.1) is 22.9 Å². The second kappa shape index (κ2) is 5.99. The molecule has 0 fully saturated rings. The summed E-state index contributed by atoms with van der Waals surface area (Å²) < 4.78 is 19.9. The van der Waals surface area contributed by atoms with Crippen molar-refractivity contribution >= 4 is 17.9 Å². The van der Waals surface area contributed by atoms with E-state index in [9.17, 15) is 24.1 Å². The van der Waals surface area contributed by atoms with Gasteiger partial charge in [-0.2, -0.15) is 0 Å². The van der Waals surface area contributed by atoms with Crippen LogP contribution in [0.15, 0.2) is 18.2 Å². The first-order valence-corrected chi connectivity index (χ1v) is 6.50. The van der Waals surface area contributed by atoms with Crippen LogP contribution in [-0.2, 0) is 11.8 Å². The van der Waals surface area contributed by atoms with Gasteiger partial charge in [0, 0.05) is 18.7 Å². The van der Waals surface area contributed by atoms with Crippen molar-refractivity contribution in [1.82, 2.24) is 4.57 Å². The van der Waals surface area contributed by atoms with Gasteiger partial charge >= 0.3 is 5.97 Å². The van der Waals surface area contributed by atoms with Crippen LogP contribution >= 0.6 is 0 Å². The first kappa shape index (κ1) is 16.3. The highest BCUT2D eigenvalue weighted by Gasteiger charge is 2.29. The van der Waals surface area contributed by atoms with Crippen LogP contribution in [-0.4, -0.2) is 28.9 Å². The number of nitro groups is 1. The summed E-state index contributed by atoms with van der Waals surface area (Å²) in [7, 11) is 2.58. The third-order valence-electron chi connectivity index (χ3n) is 3.61. The summed E-state index contributed by atoms with van der Waals surface area (Å²) in [6.07, 6.45) is 0.447. The van der Waals surface area contributed by atoms with Crippen LogP contribution < -0.4 is 0 Å². The van der Waals surface area contributed by atoms with Crippen LogP contribution in [0.4, 0.5) is 10.1 Å². The van der Waals surface area contributed by atoms with Crippen LogP contribution in [0.25, 0.3) is 11.3 Å². The van der Waals surface area contributed by atoms with Gasteiger partial charge < -0.3 is 9.30 Å². The Bertz CT molecular complexity index is 826. The van der Waals surface area contributed by atoms with E-state index in [1.807, 2.05) is 0 Å². The number of carbonyl (C=O) groups is 2. The summed E-state index contributed by atoms with van der Waals surface area (Å²) in [5, 5.41) is 11.3. The molecule has 0 bridgehead atoms. The van der Waals surface area contributed by atoms with E-state index in [2.05, 4.69) is 4.74 Å². The number of ether oxygens (including phenoxy) is 1. The minimum atomic E-state index is -0.758. The van der Waals surface area contributed by atoms with Crippen molar-refractivity contribution in [2.75, 3.05) is 7.11 Å². The number of hydrogen-bond acceptors (Lipinski definition) is 5. The van der Waals surface area contributed by atoms with Gasteiger partial charge in [-0.1, -0.05) is 0 Å². The Labute approximate surface area is 130 Å². The number of methoxy groups -OCH3 is 1. The van der Waals surface area contributed by atoms with E-state index in [0.717, 1.165) is 19.2 Å². The van der Waals surface area contributed by atoms with Gasteiger partial charge in [0.05, 0.1) is 23.3 Å². The fraction of sp³-hybridized carbons (Fsp3) is 0.200. The molecular weight excluding hydrogens is 307 g/mol. The molecule has 1 heterocycles. The molecule has 0 N–H and O–H groups in total. The number of hydrogen-bond donors (Lipinski definition) is 0. The van der Waals surface area contributed by atoms with E-state index in [1.54, 1.807) is 0 Å². The smallest absolute Gasteiger partial charge is 0.338 e. The summed E-state index contributed by atoms with van der Waals surface area (Å²) in [4.78, 5) is 33.6. The molecule has 120 valence electrons. The summed E-state index contributed by atoms with van der Waals surface area (Å²) >= 11 is 0. The zero-order valence-electron chi connectivity index (χ0n) is 12.6. The third-order valence-corrected chi connectivity index (χ3v) is 3.61. The van der Waals surface area contributed by atoms with Crippen molar-refractivity contribution in [2.24, 2.45) is 7.05 Å². The Balaban J connectivity index is 2.94. The number of rotatable bonds is 4. The van der Waals surface area contributed by atoms with Crippen molar-refractivity contribution in [3.63, 3.8) is 0 Å². The average Bonchev–Trinajstić information content (AvgIpc) is 2.86. The number of carbonyl (C=O) groups excluding carboxylic acids is 2. The van der Waals surface area contributed by atoms with Gasteiger partial charge in [-0.25, -0.2) is 9.18 Å². The number of esters is 1. The summed E-state index contributed by atoms with van der Waals surface area (Å²) in [5.41, 5.74) is -0.337. The fourth-order valence-corrected chi connectivity index (χ4v) is 2.43. The summed E-state index contributed by atoms with van der Waals surface area (Å²) in [6, 6.07) is 3.36. The van der Waals surface area contributed by atoms with Crippen LogP contribution in [0.1, 0.15) is 26.4 Å². The number of halogens is 1. The minimum Gasteiger partial charge on any atom is -0.465 e. The van der Waals surface area contributed by atoms with Gasteiger partial charge in [0.1, 0.15) is 11.5 Å². The van der Waals surface area contributed by atoms with Gasteiger partial charge in [-0.3, -0.25) is 14.9 Å². The fourth-order valence-electron chi connectivity index (χ4n) is 2.43. The summed E-state index contributed by atoms with van der Waals surface area (Å²) in [6.45, 7) is 1.40. The largest absolute Gasteiger partial charge is 0.465 e. The first-order chi connectivity index (χ1) is 10.8. The van der Waals surface area contributed by atoms with Crippen molar-refractivity contribution in [2.45, 2.75) is 6.92 Å². The summed E-state index contributed by atoms with van der Waals surface area (Å²) in [5.74, 6) is -1.39. The molecule has 1 aromatic carbocycles. The van der Waals surface area contributed by atoms with E-state index >= 15 is 0 Å². The predicted molar refractivity (Wildman–Crippen MR) is 78.9 cm³/mol. The molecule has 0 aliphatic carbocycles. The predicted octanol–water partition coefficient (Wildman–Crippen LogP) is 2.65. The molecule has 1 aromatic heterocycles. The number of nitrogens with zero attached hydrogens (tertiary/aromatic N) is 2. The highest BCUT2D eigenvalue weighted by Crippen LogP contribution is 2.37. The lowest BCUT2D eigenvalue weighted by Gasteiger charge is -2.13. The van der Waals surface area contributed by atoms with Gasteiger partial charge in [0.25, 0.3) is 5.69 Å². The molecule has 23 heavy (non-hydrogen) atoms. The SMILES string of the molecule is COC(=O)c1ccc(F)c(C)c1-c1c([N+](=O)[O-])cc(C=O)n1C. The molecule has 7 nitrogen and oxygen atoms in total. The van der Waals surface area contributed by atoms with Gasteiger partial charge in [0.2, 0.25) is 0 Å². The number of benzene rings is 1. The maximum atomic E-state index is 14.0. The quantitative estimate of drug-likeness (QED) is 0.374. The van der Waals surface area contributed by atoms with E-state index in [4.69, 9.17) is 0 Å². The molecule has 0 aliphatic heterocycles. The van der Waals surface area contributed by atoms with E-state index in [1.165, 1.54) is 24.6 Å². The van der Waals surface area contributed by atoms with Crippen molar-refractivity contribution in [3.8, 4) is 11.3 Å². The maximum absolute atomic E-state index is 14.0. The second-order valence-electron chi connectivity index (χ2n) is 4.82. The normalized spacial score (nSPS) is 10.4. The topological polar surface area (TPSA) is 91.4 Å². The van der Waals surface area contributed by atoms with Gasteiger partial charge in [-0.15, -0.1) is 0 Å². The molecule has 8 heteroatoms. The van der Waals surface area contributed by atoms with E-state index < -0.39 is 22.4 Å². The maximum Gasteiger partial charge on any atom is 0.338 e. The highest BCUT2D eigenvalue weighted by atomic mass is 19.1. The average molecular weight is 320 g/mol. The molecule has 0 radical (unpaired) electrons. The lowest BCUT2D eigenvalue weighted by Crippen LogP contribution is -2.09. The third kappa shape index (κ3) is 2.59. The van der Waals surface area contributed by atoms with Crippen LogP contribution in [0.5, 0.6) is 0 Å². The molecule has 0 spiro atoms. The second-order valence-corrected chi connectivity index (χ2v) is 4.82. The van der Waals surface area contributed by atoms with Crippen LogP contribution in [0.3, 0.4) is 0 Å². The zero-order chi connectivity index (χ0) is 17.3. The monoisotopic (exact) mass is 320 g/mol. The molecular formula is C15H13FN2O5. The van der Waals surface area contributed by atoms with Gasteiger partial charge in [-0.05, 0) is 24.6 Å². The Hall–Kier alpha value is -3.03.